The molecule has 3 rings (SSSR count). The first-order valence-electron chi connectivity index (χ1n) is 13.6. The molecule has 0 aliphatic carbocycles. The number of amides is 2. The lowest BCUT2D eigenvalue weighted by Crippen LogP contribution is -2.52. The van der Waals surface area contributed by atoms with Crippen LogP contribution in [-0.2, 0) is 26.2 Å². The fourth-order valence-electron chi connectivity index (χ4n) is 4.17. The summed E-state index contributed by atoms with van der Waals surface area (Å²) in [5, 5.41) is 2.94. The molecule has 2 amide bonds. The summed E-state index contributed by atoms with van der Waals surface area (Å²) in [7, 11) is -4.19. The van der Waals surface area contributed by atoms with E-state index in [4.69, 9.17) is 4.74 Å². The molecular weight excluding hydrogens is 606 g/mol. The molecule has 3 aromatic carbocycles. The number of aryl methyl sites for hydroxylation is 1. The summed E-state index contributed by atoms with van der Waals surface area (Å²) in [4.78, 5) is 28.8. The predicted molar refractivity (Wildman–Crippen MR) is 165 cm³/mol. The van der Waals surface area contributed by atoms with E-state index in [9.17, 15) is 18.0 Å². The second-order valence-electron chi connectivity index (χ2n) is 9.87. The third-order valence-electron chi connectivity index (χ3n) is 6.73. The standard InChI is InChI=1S/C31H38BrN3O5S/c1-6-23(4)33-31(37)24(5)34(20-25-11-10-12-26(32)19-25)30(36)21-35(28-13-8-9-14-29(28)40-7-2)41(38,39)27-17-15-22(3)16-18-27/h8-19,23-24H,6-7,20-21H2,1-5H3,(H,33,37)/t23-,24-/m1/s1. The van der Waals surface area contributed by atoms with Crippen LogP contribution < -0.4 is 14.4 Å². The van der Waals surface area contributed by atoms with Crippen LogP contribution in [0.25, 0.3) is 0 Å². The molecule has 0 radical (unpaired) electrons. The zero-order chi connectivity index (χ0) is 30.2. The minimum Gasteiger partial charge on any atom is -0.492 e. The van der Waals surface area contributed by atoms with Crippen LogP contribution in [0.2, 0.25) is 0 Å². The van der Waals surface area contributed by atoms with Gasteiger partial charge in [-0.1, -0.05) is 64.8 Å². The Morgan fingerprint density at radius 1 is 0.976 bits per heavy atom. The van der Waals surface area contributed by atoms with Crippen LogP contribution in [0.1, 0.15) is 45.2 Å². The number of anilines is 1. The second kappa shape index (κ2) is 14.5. The van der Waals surface area contributed by atoms with E-state index in [0.29, 0.717) is 12.4 Å². The van der Waals surface area contributed by atoms with Crippen LogP contribution in [0.15, 0.2) is 82.2 Å². The molecule has 0 heterocycles. The monoisotopic (exact) mass is 643 g/mol. The Bertz CT molecular complexity index is 1450. The Balaban J connectivity index is 2.08. The zero-order valence-corrected chi connectivity index (χ0v) is 26.5. The number of ether oxygens (including phenoxy) is 1. The molecule has 0 aliphatic heterocycles. The number of carbonyl (C=O) groups is 2. The Hall–Kier alpha value is -3.37. The molecule has 3 aromatic rings. The Labute approximate surface area is 251 Å². The van der Waals surface area contributed by atoms with Crippen molar-refractivity contribution < 1.29 is 22.7 Å². The first kappa shape index (κ1) is 32.1. The number of hydrogen-bond acceptors (Lipinski definition) is 5. The number of nitrogens with one attached hydrogen (secondary N) is 1. The molecule has 0 fully saturated rings. The lowest BCUT2D eigenvalue weighted by molar-refractivity contribution is -0.139. The van der Waals surface area contributed by atoms with E-state index in [0.717, 1.165) is 26.3 Å². The smallest absolute Gasteiger partial charge is 0.264 e. The highest BCUT2D eigenvalue weighted by atomic mass is 79.9. The number of halogens is 1. The highest BCUT2D eigenvalue weighted by Gasteiger charge is 2.34. The fraction of sp³-hybridized carbons (Fsp3) is 0.355. The predicted octanol–water partition coefficient (Wildman–Crippen LogP) is 5.68. The van der Waals surface area contributed by atoms with Crippen LogP contribution >= 0.6 is 15.9 Å². The maximum absolute atomic E-state index is 14.1. The van der Waals surface area contributed by atoms with Gasteiger partial charge in [0.15, 0.2) is 0 Å². The van der Waals surface area contributed by atoms with E-state index in [1.165, 1.54) is 17.0 Å². The molecular formula is C31H38BrN3O5S. The third-order valence-corrected chi connectivity index (χ3v) is 9.00. The van der Waals surface area contributed by atoms with Gasteiger partial charge in [-0.3, -0.25) is 13.9 Å². The number of rotatable bonds is 13. The first-order chi connectivity index (χ1) is 19.5. The number of benzene rings is 3. The van der Waals surface area contributed by atoms with Gasteiger partial charge < -0.3 is 15.0 Å². The quantitative estimate of drug-likeness (QED) is 0.258. The summed E-state index contributed by atoms with van der Waals surface area (Å²) in [6, 6.07) is 19.7. The largest absolute Gasteiger partial charge is 0.492 e. The maximum Gasteiger partial charge on any atom is 0.264 e. The van der Waals surface area contributed by atoms with Gasteiger partial charge in [0.25, 0.3) is 10.0 Å². The van der Waals surface area contributed by atoms with Crippen molar-refractivity contribution >= 4 is 43.5 Å². The van der Waals surface area contributed by atoms with Crippen molar-refractivity contribution in [2.24, 2.45) is 0 Å². The SMILES string of the molecule is CCOc1ccccc1N(CC(=O)N(Cc1cccc(Br)c1)[C@H](C)C(=O)N[C@H](C)CC)S(=O)(=O)c1ccc(C)cc1. The van der Waals surface area contributed by atoms with Crippen molar-refractivity contribution in [2.45, 2.75) is 64.6 Å². The Kier molecular flexibility index (Phi) is 11.4. The normalized spacial score (nSPS) is 12.7. The molecule has 0 aromatic heterocycles. The van der Waals surface area contributed by atoms with E-state index in [-0.39, 0.29) is 29.1 Å². The maximum atomic E-state index is 14.1. The van der Waals surface area contributed by atoms with Crippen molar-refractivity contribution in [3.63, 3.8) is 0 Å². The number of hydrogen-bond donors (Lipinski definition) is 1. The van der Waals surface area contributed by atoms with Gasteiger partial charge in [0.05, 0.1) is 17.2 Å². The van der Waals surface area contributed by atoms with E-state index in [1.54, 1.807) is 50.2 Å². The van der Waals surface area contributed by atoms with Gasteiger partial charge in [-0.05, 0) is 76.1 Å². The molecule has 0 unspecified atom stereocenters. The fourth-order valence-corrected chi connectivity index (χ4v) is 6.04. The van der Waals surface area contributed by atoms with Gasteiger partial charge in [-0.25, -0.2) is 8.42 Å². The molecule has 2 atom stereocenters. The van der Waals surface area contributed by atoms with Crippen LogP contribution in [0.5, 0.6) is 5.75 Å². The van der Waals surface area contributed by atoms with Gasteiger partial charge >= 0.3 is 0 Å². The molecule has 41 heavy (non-hydrogen) atoms. The molecule has 0 aliphatic rings. The lowest BCUT2D eigenvalue weighted by Gasteiger charge is -2.33. The van der Waals surface area contributed by atoms with Gasteiger partial charge in [0.2, 0.25) is 11.8 Å². The third kappa shape index (κ3) is 8.33. The second-order valence-corrected chi connectivity index (χ2v) is 12.6. The van der Waals surface area contributed by atoms with E-state index >= 15 is 0 Å². The van der Waals surface area contributed by atoms with E-state index in [1.807, 2.05) is 45.0 Å². The zero-order valence-electron chi connectivity index (χ0n) is 24.1. The van der Waals surface area contributed by atoms with Crippen LogP contribution in [0, 0.1) is 6.92 Å². The van der Waals surface area contributed by atoms with Gasteiger partial charge in [0, 0.05) is 17.1 Å². The lowest BCUT2D eigenvalue weighted by atomic mass is 10.1. The van der Waals surface area contributed by atoms with Crippen molar-refractivity contribution in [3.05, 3.63) is 88.4 Å². The molecule has 0 saturated heterocycles. The minimum atomic E-state index is -4.19. The van der Waals surface area contributed by atoms with Crippen molar-refractivity contribution in [2.75, 3.05) is 17.5 Å². The summed E-state index contributed by atoms with van der Waals surface area (Å²) in [5.74, 6) is -0.510. The Morgan fingerprint density at radius 2 is 1.66 bits per heavy atom. The average Bonchev–Trinajstić information content (AvgIpc) is 2.95. The van der Waals surface area contributed by atoms with Crippen LogP contribution in [-0.4, -0.2) is 50.4 Å². The molecule has 8 nitrogen and oxygen atoms in total. The van der Waals surface area contributed by atoms with Crippen molar-refractivity contribution in [1.29, 1.82) is 0 Å². The van der Waals surface area contributed by atoms with E-state index in [2.05, 4.69) is 21.2 Å². The first-order valence-corrected chi connectivity index (χ1v) is 15.9. The molecule has 0 spiro atoms. The highest BCUT2D eigenvalue weighted by Crippen LogP contribution is 2.33. The summed E-state index contributed by atoms with van der Waals surface area (Å²) in [6.45, 7) is 9.07. The summed E-state index contributed by atoms with van der Waals surface area (Å²) in [5.41, 5.74) is 1.93. The molecule has 1 N–H and O–H groups in total. The summed E-state index contributed by atoms with van der Waals surface area (Å²) < 4.78 is 35.8. The molecule has 0 bridgehead atoms. The summed E-state index contributed by atoms with van der Waals surface area (Å²) >= 11 is 3.46. The average molecular weight is 645 g/mol. The topological polar surface area (TPSA) is 96.0 Å². The van der Waals surface area contributed by atoms with Crippen molar-refractivity contribution in [1.82, 2.24) is 10.2 Å². The minimum absolute atomic E-state index is 0.0447. The number of sulfonamides is 1. The van der Waals surface area contributed by atoms with E-state index < -0.39 is 28.5 Å². The number of carbonyl (C=O) groups excluding carboxylic acids is 2. The van der Waals surface area contributed by atoms with Crippen LogP contribution in [0.4, 0.5) is 5.69 Å². The van der Waals surface area contributed by atoms with Gasteiger partial charge in [-0.15, -0.1) is 0 Å². The molecule has 220 valence electrons. The molecule has 10 heteroatoms. The van der Waals surface area contributed by atoms with Gasteiger partial charge in [0.1, 0.15) is 18.3 Å². The summed E-state index contributed by atoms with van der Waals surface area (Å²) in [6.07, 6.45) is 0.731. The number of para-hydroxylation sites is 2. The van der Waals surface area contributed by atoms with Crippen molar-refractivity contribution in [3.8, 4) is 5.75 Å². The van der Waals surface area contributed by atoms with Gasteiger partial charge in [-0.2, -0.15) is 0 Å². The Morgan fingerprint density at radius 3 is 2.29 bits per heavy atom. The highest BCUT2D eigenvalue weighted by molar-refractivity contribution is 9.10. The molecule has 0 saturated carbocycles. The number of nitrogens with zero attached hydrogens (tertiary/aromatic N) is 2. The van der Waals surface area contributed by atoms with Crippen LogP contribution in [0.3, 0.4) is 0 Å².